The molecule has 2 aliphatic heterocycles. The second-order valence-corrected chi connectivity index (χ2v) is 10.7. The summed E-state index contributed by atoms with van der Waals surface area (Å²) in [5.74, 6) is 0.919. The van der Waals surface area contributed by atoms with E-state index in [2.05, 4.69) is 27.3 Å². The van der Waals surface area contributed by atoms with Crippen LogP contribution in [0.25, 0.3) is 5.69 Å². The summed E-state index contributed by atoms with van der Waals surface area (Å²) < 4.78 is 16.2. The van der Waals surface area contributed by atoms with Crippen LogP contribution in [0.3, 0.4) is 0 Å². The Morgan fingerprint density at radius 3 is 2.27 bits per heavy atom. The molecule has 3 heterocycles. The number of anilines is 1. The van der Waals surface area contributed by atoms with Gasteiger partial charge in [0.05, 0.1) is 27.7 Å². The number of carbonyl (C=O) groups excluding carboxylic acids is 1. The summed E-state index contributed by atoms with van der Waals surface area (Å²) in [5, 5.41) is 20.1. The number of halogens is 2. The number of hydrogen-bond donors (Lipinski definition) is 0. The summed E-state index contributed by atoms with van der Waals surface area (Å²) in [5.41, 5.74) is 5.14. The number of benzene rings is 4. The first-order chi connectivity index (χ1) is 21.7. The first-order valence-corrected chi connectivity index (χ1v) is 14.3. The molecule has 1 aromatic heterocycles. The number of nitrogens with zero attached hydrogens (tertiary/aromatic N) is 7. The number of non-ortho nitro benzene ring substituents is 1. The van der Waals surface area contributed by atoms with E-state index in [0.717, 1.165) is 34.2 Å². The number of hydrogen-bond acceptors (Lipinski definition) is 7. The van der Waals surface area contributed by atoms with Crippen molar-refractivity contribution in [2.45, 2.75) is 13.5 Å². The fourth-order valence-corrected chi connectivity index (χ4v) is 5.44. The fourth-order valence-electron chi connectivity index (χ4n) is 5.27. The summed E-state index contributed by atoms with van der Waals surface area (Å²) in [4.78, 5) is 32.9. The van der Waals surface area contributed by atoms with E-state index in [9.17, 15) is 19.3 Å². The van der Waals surface area contributed by atoms with Gasteiger partial charge in [-0.05, 0) is 43.3 Å². The lowest BCUT2D eigenvalue weighted by Crippen LogP contribution is -2.27. The van der Waals surface area contributed by atoms with Gasteiger partial charge in [0, 0.05) is 46.5 Å². The molecule has 5 aromatic rings. The number of aliphatic imine (C=N–C) groups is 2. The van der Waals surface area contributed by atoms with Crippen LogP contribution in [0.1, 0.15) is 33.9 Å². The number of nitro benzene ring substituents is 1. The average molecular weight is 622 g/mol. The molecule has 0 radical (unpaired) electrons. The molecular formula is C33H25ClFN7O3. The summed E-state index contributed by atoms with van der Waals surface area (Å²) in [7, 11) is 1.56. The molecule has 45 heavy (non-hydrogen) atoms. The molecule has 4 aromatic carbocycles. The minimum absolute atomic E-state index is 0.143. The van der Waals surface area contributed by atoms with Crippen LogP contribution in [0.2, 0.25) is 5.02 Å². The number of aromatic nitrogens is 3. The third-order valence-corrected chi connectivity index (χ3v) is 7.69. The van der Waals surface area contributed by atoms with Gasteiger partial charge >= 0.3 is 0 Å². The lowest BCUT2D eigenvalue weighted by Gasteiger charge is -2.17. The SMILES string of the molecule is CN1C(=O)CN=C(c2ccccc2F)c2cc([N+](=O)[O-])ccc21.Cc1nnc2n1-c1ccc(Cl)cc1C(c1ccccc1)=NC2. The molecule has 0 saturated heterocycles. The van der Waals surface area contributed by atoms with Crippen LogP contribution >= 0.6 is 11.6 Å². The zero-order chi connectivity index (χ0) is 31.7. The van der Waals surface area contributed by atoms with Crippen LogP contribution in [0.15, 0.2) is 101 Å². The summed E-state index contributed by atoms with van der Waals surface area (Å²) in [6, 6.07) is 26.1. The van der Waals surface area contributed by atoms with E-state index in [0.29, 0.717) is 22.8 Å². The zero-order valence-corrected chi connectivity index (χ0v) is 24.9. The van der Waals surface area contributed by atoms with Crippen molar-refractivity contribution in [3.05, 3.63) is 146 Å². The zero-order valence-electron chi connectivity index (χ0n) is 24.2. The smallest absolute Gasteiger partial charge is 0.270 e. The van der Waals surface area contributed by atoms with Crippen molar-refractivity contribution >= 4 is 40.3 Å². The van der Waals surface area contributed by atoms with Crippen molar-refractivity contribution in [2.75, 3.05) is 18.5 Å². The molecule has 1 amide bonds. The molecule has 10 nitrogen and oxygen atoms in total. The average Bonchev–Trinajstić information content (AvgIpc) is 3.26. The number of carbonyl (C=O) groups is 1. The van der Waals surface area contributed by atoms with Crippen LogP contribution in [0.5, 0.6) is 0 Å². The van der Waals surface area contributed by atoms with Crippen molar-refractivity contribution in [3.8, 4) is 5.69 Å². The first-order valence-electron chi connectivity index (χ1n) is 13.9. The Labute approximate surface area is 262 Å². The van der Waals surface area contributed by atoms with Crippen LogP contribution in [0.4, 0.5) is 15.8 Å². The van der Waals surface area contributed by atoms with Gasteiger partial charge in [-0.15, -0.1) is 10.2 Å². The molecule has 0 unspecified atom stereocenters. The Kier molecular flexibility index (Phi) is 8.01. The first kappa shape index (κ1) is 29.5. The van der Waals surface area contributed by atoms with Crippen molar-refractivity contribution in [2.24, 2.45) is 9.98 Å². The Balaban J connectivity index is 0.000000159. The standard InChI is InChI=1S/C17H13ClN4.C16H12FN3O3/c1-11-20-21-16-10-19-17(12-5-3-2-4-6-12)14-9-13(18)7-8-15(14)22(11)16;1-19-14-7-6-10(20(22)23)8-12(14)16(18-9-15(19)21)11-4-2-3-5-13(11)17/h2-9H,10H2,1H3;2-8H,9H2,1H3. The van der Waals surface area contributed by atoms with Crippen molar-refractivity contribution < 1.29 is 14.1 Å². The lowest BCUT2D eigenvalue weighted by molar-refractivity contribution is -0.384. The van der Waals surface area contributed by atoms with Gasteiger partial charge in [0.25, 0.3) is 5.69 Å². The second-order valence-electron chi connectivity index (χ2n) is 10.2. The van der Waals surface area contributed by atoms with Crippen LogP contribution in [-0.2, 0) is 11.3 Å². The number of nitro groups is 1. The Bertz CT molecular complexity index is 2020. The maximum absolute atomic E-state index is 14.1. The molecule has 0 saturated carbocycles. The van der Waals surface area contributed by atoms with E-state index in [-0.39, 0.29) is 29.4 Å². The molecule has 0 atom stereocenters. The van der Waals surface area contributed by atoms with E-state index >= 15 is 0 Å². The van der Waals surface area contributed by atoms with Gasteiger partial charge in [0.1, 0.15) is 24.7 Å². The monoisotopic (exact) mass is 621 g/mol. The molecule has 7 rings (SSSR count). The van der Waals surface area contributed by atoms with Gasteiger partial charge in [-0.3, -0.25) is 29.5 Å². The number of amides is 1. The predicted octanol–water partition coefficient (Wildman–Crippen LogP) is 6.13. The van der Waals surface area contributed by atoms with E-state index in [4.69, 9.17) is 16.6 Å². The fraction of sp³-hybridized carbons (Fsp3) is 0.121. The van der Waals surface area contributed by atoms with Gasteiger partial charge in [-0.25, -0.2) is 4.39 Å². The van der Waals surface area contributed by atoms with Gasteiger partial charge in [-0.1, -0.05) is 54.1 Å². The predicted molar refractivity (Wildman–Crippen MR) is 170 cm³/mol. The second kappa shape index (κ2) is 12.2. The molecule has 2 aliphatic rings. The van der Waals surface area contributed by atoms with E-state index < -0.39 is 10.7 Å². The van der Waals surface area contributed by atoms with E-state index in [1.54, 1.807) is 19.2 Å². The highest BCUT2D eigenvalue weighted by molar-refractivity contribution is 6.31. The number of rotatable bonds is 3. The molecule has 12 heteroatoms. The topological polar surface area (TPSA) is 119 Å². The van der Waals surface area contributed by atoms with Gasteiger partial charge < -0.3 is 4.90 Å². The Hall–Kier alpha value is -5.55. The normalized spacial score (nSPS) is 13.6. The van der Waals surface area contributed by atoms with E-state index in [1.807, 2.05) is 47.9 Å². The highest BCUT2D eigenvalue weighted by Crippen LogP contribution is 2.31. The molecule has 0 N–H and O–H groups in total. The largest absolute Gasteiger partial charge is 0.313 e. The number of aryl methyl sites for hydroxylation is 1. The summed E-state index contributed by atoms with van der Waals surface area (Å²) in [6.07, 6.45) is 0. The van der Waals surface area contributed by atoms with Crippen LogP contribution in [0, 0.1) is 22.9 Å². The third-order valence-electron chi connectivity index (χ3n) is 7.46. The van der Waals surface area contributed by atoms with Gasteiger partial charge in [0.15, 0.2) is 5.82 Å². The molecule has 0 fully saturated rings. The molecule has 224 valence electrons. The molecular weight excluding hydrogens is 597 g/mol. The number of fused-ring (bicyclic) bond motifs is 4. The number of likely N-dealkylation sites (N-methyl/N-ethyl adjacent to an activating group) is 1. The molecule has 0 aliphatic carbocycles. The van der Waals surface area contributed by atoms with Crippen molar-refractivity contribution in [1.29, 1.82) is 0 Å². The Morgan fingerprint density at radius 2 is 1.51 bits per heavy atom. The van der Waals surface area contributed by atoms with Crippen LogP contribution in [-0.4, -0.2) is 50.6 Å². The lowest BCUT2D eigenvalue weighted by atomic mass is 9.99. The minimum Gasteiger partial charge on any atom is -0.313 e. The highest BCUT2D eigenvalue weighted by Gasteiger charge is 2.26. The Morgan fingerprint density at radius 1 is 0.822 bits per heavy atom. The molecule has 0 spiro atoms. The quantitative estimate of drug-likeness (QED) is 0.177. The third kappa shape index (κ3) is 5.73. The summed E-state index contributed by atoms with van der Waals surface area (Å²) in [6.45, 7) is 2.29. The number of benzodiazepines with no additional fused rings is 1. The van der Waals surface area contributed by atoms with E-state index in [1.165, 1.54) is 35.2 Å². The molecule has 0 bridgehead atoms. The van der Waals surface area contributed by atoms with Crippen molar-refractivity contribution in [1.82, 2.24) is 14.8 Å². The summed E-state index contributed by atoms with van der Waals surface area (Å²) >= 11 is 6.23. The van der Waals surface area contributed by atoms with Gasteiger partial charge in [-0.2, -0.15) is 0 Å². The maximum atomic E-state index is 14.1. The van der Waals surface area contributed by atoms with Crippen LogP contribution < -0.4 is 4.90 Å². The highest BCUT2D eigenvalue weighted by atomic mass is 35.5. The minimum atomic E-state index is -0.536. The maximum Gasteiger partial charge on any atom is 0.270 e. The van der Waals surface area contributed by atoms with Gasteiger partial charge in [0.2, 0.25) is 5.91 Å². The van der Waals surface area contributed by atoms with Crippen molar-refractivity contribution in [3.63, 3.8) is 0 Å².